The normalized spacial score (nSPS) is 20.1. The number of benzene rings is 1. The van der Waals surface area contributed by atoms with Crippen molar-refractivity contribution in [3.05, 3.63) is 35.4 Å². The molecule has 2 amide bonds. The standard InChI is InChI=1S/C20H30N2O3/c1-4-22(3)20(24)17-10-7-9-16(14-17)19(23)21-12-13-25-18-11-6-5-8-15(18)2/h7,9-10,14-15,18H,4-6,8,11-13H2,1-3H3,(H,21,23). The number of hydrogen-bond donors (Lipinski definition) is 1. The van der Waals surface area contributed by atoms with Crippen LogP contribution in [0.1, 0.15) is 60.2 Å². The summed E-state index contributed by atoms with van der Waals surface area (Å²) in [6.07, 6.45) is 5.18. The Bertz CT molecular complexity index is 588. The Balaban J connectivity index is 1.81. The van der Waals surface area contributed by atoms with Crippen LogP contribution in [0, 0.1) is 5.92 Å². The molecule has 1 aromatic carbocycles. The molecule has 0 heterocycles. The molecule has 2 unspecified atom stereocenters. The van der Waals surface area contributed by atoms with E-state index in [9.17, 15) is 9.59 Å². The zero-order valence-corrected chi connectivity index (χ0v) is 15.6. The average molecular weight is 346 g/mol. The second-order valence-electron chi connectivity index (χ2n) is 6.83. The number of hydrogen-bond acceptors (Lipinski definition) is 3. The molecule has 2 atom stereocenters. The molecule has 1 N–H and O–H groups in total. The Morgan fingerprint density at radius 3 is 2.68 bits per heavy atom. The van der Waals surface area contributed by atoms with Gasteiger partial charge in [-0.25, -0.2) is 0 Å². The van der Waals surface area contributed by atoms with Crippen molar-refractivity contribution in [3.8, 4) is 0 Å². The van der Waals surface area contributed by atoms with Gasteiger partial charge in [-0.2, -0.15) is 0 Å². The van der Waals surface area contributed by atoms with E-state index >= 15 is 0 Å². The highest BCUT2D eigenvalue weighted by Crippen LogP contribution is 2.25. The average Bonchev–Trinajstić information content (AvgIpc) is 2.65. The predicted molar refractivity (Wildman–Crippen MR) is 98.8 cm³/mol. The van der Waals surface area contributed by atoms with E-state index in [0.29, 0.717) is 42.8 Å². The molecule has 1 aromatic rings. The van der Waals surface area contributed by atoms with Crippen molar-refractivity contribution in [1.29, 1.82) is 0 Å². The van der Waals surface area contributed by atoms with E-state index in [-0.39, 0.29) is 11.8 Å². The molecular formula is C20H30N2O3. The Hall–Kier alpha value is -1.88. The smallest absolute Gasteiger partial charge is 0.253 e. The molecule has 0 radical (unpaired) electrons. The molecule has 0 aliphatic heterocycles. The van der Waals surface area contributed by atoms with Gasteiger partial charge in [0.15, 0.2) is 0 Å². The zero-order chi connectivity index (χ0) is 18.2. The Morgan fingerprint density at radius 1 is 1.24 bits per heavy atom. The molecule has 25 heavy (non-hydrogen) atoms. The van der Waals surface area contributed by atoms with E-state index in [1.807, 2.05) is 6.92 Å². The Kier molecular flexibility index (Phi) is 7.44. The van der Waals surface area contributed by atoms with Gasteiger partial charge in [0.25, 0.3) is 11.8 Å². The molecule has 0 saturated heterocycles. The van der Waals surface area contributed by atoms with Crippen molar-refractivity contribution in [2.24, 2.45) is 5.92 Å². The third kappa shape index (κ3) is 5.56. The first-order valence-corrected chi connectivity index (χ1v) is 9.28. The Morgan fingerprint density at radius 2 is 1.96 bits per heavy atom. The lowest BCUT2D eigenvalue weighted by Gasteiger charge is -2.28. The van der Waals surface area contributed by atoms with Crippen LogP contribution < -0.4 is 5.32 Å². The van der Waals surface area contributed by atoms with E-state index in [1.165, 1.54) is 19.3 Å². The first-order chi connectivity index (χ1) is 12.0. The summed E-state index contributed by atoms with van der Waals surface area (Å²) in [6, 6.07) is 6.85. The molecular weight excluding hydrogens is 316 g/mol. The van der Waals surface area contributed by atoms with Crippen LogP contribution in [0.15, 0.2) is 24.3 Å². The van der Waals surface area contributed by atoms with Gasteiger partial charge in [-0.05, 0) is 43.9 Å². The number of carbonyl (C=O) groups is 2. The van der Waals surface area contributed by atoms with Crippen molar-refractivity contribution < 1.29 is 14.3 Å². The first kappa shape index (κ1) is 19.4. The van der Waals surface area contributed by atoms with Gasteiger partial charge in [0.05, 0.1) is 12.7 Å². The number of rotatable bonds is 7. The monoisotopic (exact) mass is 346 g/mol. The van der Waals surface area contributed by atoms with Crippen LogP contribution in [0.5, 0.6) is 0 Å². The fourth-order valence-corrected chi connectivity index (χ4v) is 3.16. The summed E-state index contributed by atoms with van der Waals surface area (Å²) in [5, 5.41) is 2.87. The lowest BCUT2D eigenvalue weighted by molar-refractivity contribution is -0.00293. The SMILES string of the molecule is CCN(C)C(=O)c1cccc(C(=O)NCCOC2CCCCC2C)c1. The quantitative estimate of drug-likeness (QED) is 0.772. The van der Waals surface area contributed by atoms with E-state index in [0.717, 1.165) is 6.42 Å². The summed E-state index contributed by atoms with van der Waals surface area (Å²) in [5.74, 6) is 0.351. The summed E-state index contributed by atoms with van der Waals surface area (Å²) in [4.78, 5) is 26.1. The van der Waals surface area contributed by atoms with Gasteiger partial charge in [-0.3, -0.25) is 9.59 Å². The highest BCUT2D eigenvalue weighted by Gasteiger charge is 2.21. The molecule has 138 valence electrons. The van der Waals surface area contributed by atoms with Crippen LogP contribution in [-0.4, -0.2) is 49.6 Å². The van der Waals surface area contributed by atoms with E-state index in [2.05, 4.69) is 12.2 Å². The van der Waals surface area contributed by atoms with Crippen molar-refractivity contribution >= 4 is 11.8 Å². The van der Waals surface area contributed by atoms with Gasteiger partial charge in [0.1, 0.15) is 0 Å². The molecule has 5 heteroatoms. The second kappa shape index (κ2) is 9.56. The molecule has 5 nitrogen and oxygen atoms in total. The summed E-state index contributed by atoms with van der Waals surface area (Å²) in [5.41, 5.74) is 1.03. The third-order valence-corrected chi connectivity index (χ3v) is 4.95. The van der Waals surface area contributed by atoms with Crippen molar-refractivity contribution in [3.63, 3.8) is 0 Å². The summed E-state index contributed by atoms with van der Waals surface area (Å²) < 4.78 is 5.91. The van der Waals surface area contributed by atoms with E-state index in [1.54, 1.807) is 36.2 Å². The summed E-state index contributed by atoms with van der Waals surface area (Å²) in [7, 11) is 1.75. The van der Waals surface area contributed by atoms with Gasteiger partial charge in [0, 0.05) is 31.3 Å². The molecule has 1 fully saturated rings. The number of nitrogens with one attached hydrogen (secondary N) is 1. The fraction of sp³-hybridized carbons (Fsp3) is 0.600. The van der Waals surface area contributed by atoms with E-state index in [4.69, 9.17) is 4.74 Å². The maximum Gasteiger partial charge on any atom is 0.253 e. The number of ether oxygens (including phenoxy) is 1. The third-order valence-electron chi connectivity index (χ3n) is 4.95. The Labute approximate surface area is 150 Å². The molecule has 2 rings (SSSR count). The van der Waals surface area contributed by atoms with Crippen LogP contribution >= 0.6 is 0 Å². The minimum absolute atomic E-state index is 0.0771. The number of amides is 2. The van der Waals surface area contributed by atoms with Gasteiger partial charge in [-0.1, -0.05) is 25.8 Å². The van der Waals surface area contributed by atoms with Crippen LogP contribution in [0.25, 0.3) is 0 Å². The van der Waals surface area contributed by atoms with Crippen LogP contribution in [0.3, 0.4) is 0 Å². The lowest BCUT2D eigenvalue weighted by atomic mass is 9.88. The minimum Gasteiger partial charge on any atom is -0.376 e. The van der Waals surface area contributed by atoms with Gasteiger partial charge in [-0.15, -0.1) is 0 Å². The molecule has 1 aliphatic carbocycles. The number of nitrogens with zero attached hydrogens (tertiary/aromatic N) is 1. The molecule has 0 aromatic heterocycles. The van der Waals surface area contributed by atoms with Gasteiger partial charge in [0.2, 0.25) is 0 Å². The first-order valence-electron chi connectivity index (χ1n) is 9.28. The predicted octanol–water partition coefficient (Wildman–Crippen LogP) is 3.10. The van der Waals surface area contributed by atoms with Crippen LogP contribution in [-0.2, 0) is 4.74 Å². The molecule has 0 spiro atoms. The zero-order valence-electron chi connectivity index (χ0n) is 15.6. The highest BCUT2D eigenvalue weighted by molar-refractivity contribution is 5.99. The van der Waals surface area contributed by atoms with Crippen molar-refractivity contribution in [1.82, 2.24) is 10.2 Å². The lowest BCUT2D eigenvalue weighted by Crippen LogP contribution is -2.32. The maximum absolute atomic E-state index is 12.3. The largest absolute Gasteiger partial charge is 0.376 e. The fourth-order valence-electron chi connectivity index (χ4n) is 3.16. The summed E-state index contributed by atoms with van der Waals surface area (Å²) in [6.45, 7) is 5.79. The topological polar surface area (TPSA) is 58.6 Å². The minimum atomic E-state index is -0.172. The highest BCUT2D eigenvalue weighted by atomic mass is 16.5. The molecule has 1 saturated carbocycles. The van der Waals surface area contributed by atoms with Crippen LogP contribution in [0.2, 0.25) is 0 Å². The van der Waals surface area contributed by atoms with Gasteiger partial charge >= 0.3 is 0 Å². The summed E-state index contributed by atoms with van der Waals surface area (Å²) >= 11 is 0. The van der Waals surface area contributed by atoms with Gasteiger partial charge < -0.3 is 15.0 Å². The second-order valence-corrected chi connectivity index (χ2v) is 6.83. The van der Waals surface area contributed by atoms with Crippen molar-refractivity contribution in [2.45, 2.75) is 45.6 Å². The number of carbonyl (C=O) groups excluding carboxylic acids is 2. The van der Waals surface area contributed by atoms with E-state index < -0.39 is 0 Å². The van der Waals surface area contributed by atoms with Crippen LogP contribution in [0.4, 0.5) is 0 Å². The van der Waals surface area contributed by atoms with Crippen molar-refractivity contribution in [2.75, 3.05) is 26.7 Å². The maximum atomic E-state index is 12.3. The molecule has 0 bridgehead atoms. The molecule has 1 aliphatic rings.